The maximum absolute atomic E-state index is 15.1. The number of hydrogen-bond acceptors (Lipinski definition) is 8. The largest absolute Gasteiger partial charge is 0.468 e. The summed E-state index contributed by atoms with van der Waals surface area (Å²) < 4.78 is 15.2. The third-order valence-electron chi connectivity index (χ3n) is 7.82. The van der Waals surface area contributed by atoms with Crippen molar-refractivity contribution in [2.75, 3.05) is 21.3 Å². The van der Waals surface area contributed by atoms with E-state index in [4.69, 9.17) is 14.2 Å². The van der Waals surface area contributed by atoms with Crippen LogP contribution in [-0.2, 0) is 38.2 Å². The van der Waals surface area contributed by atoms with Gasteiger partial charge in [-0.3, -0.25) is 14.4 Å². The van der Waals surface area contributed by atoms with Crippen molar-refractivity contribution in [3.8, 4) is 0 Å². The molecule has 0 aromatic heterocycles. The van der Waals surface area contributed by atoms with Gasteiger partial charge in [0, 0.05) is 5.29 Å². The van der Waals surface area contributed by atoms with E-state index < -0.39 is 52.9 Å². The SMILES string of the molecule is COC(=O)C1=C(C(=O)OC)C(C(C)=O)(C(=O)OC)C(=O)C1=P(c1ccc(C)cc1)(c1ccc(C)cc1)c1ccc(C)cc1. The van der Waals surface area contributed by atoms with Crippen LogP contribution in [0.3, 0.4) is 0 Å². The summed E-state index contributed by atoms with van der Waals surface area (Å²) >= 11 is 0. The van der Waals surface area contributed by atoms with Gasteiger partial charge >= 0.3 is 17.9 Å². The number of ether oxygens (including phenoxy) is 3. The van der Waals surface area contributed by atoms with Crippen molar-refractivity contribution in [2.24, 2.45) is 5.41 Å². The molecule has 0 aliphatic heterocycles. The number of benzene rings is 3. The Kier molecular flexibility index (Phi) is 8.74. The molecular weight excluding hydrogens is 567 g/mol. The highest BCUT2D eigenvalue weighted by Gasteiger charge is 2.66. The van der Waals surface area contributed by atoms with Gasteiger partial charge in [-0.25, -0.2) is 9.59 Å². The first kappa shape index (κ1) is 31.4. The zero-order chi connectivity index (χ0) is 31.7. The minimum Gasteiger partial charge on any atom is -0.468 e. The van der Waals surface area contributed by atoms with Gasteiger partial charge in [0.2, 0.25) is 5.41 Å². The molecule has 0 spiro atoms. The molecule has 222 valence electrons. The highest BCUT2D eigenvalue weighted by molar-refractivity contribution is 7.97. The van der Waals surface area contributed by atoms with Gasteiger partial charge in [0.05, 0.1) is 32.5 Å². The predicted molar refractivity (Wildman–Crippen MR) is 166 cm³/mol. The molecule has 1 atom stereocenters. The number of rotatable bonds is 7. The van der Waals surface area contributed by atoms with Crippen LogP contribution in [0.1, 0.15) is 23.6 Å². The molecule has 9 heteroatoms. The van der Waals surface area contributed by atoms with Crippen molar-refractivity contribution < 1.29 is 38.2 Å². The number of hydrogen-bond donors (Lipinski definition) is 0. The predicted octanol–water partition coefficient (Wildman–Crippen LogP) is 3.05. The summed E-state index contributed by atoms with van der Waals surface area (Å²) in [4.78, 5) is 69.7. The van der Waals surface area contributed by atoms with E-state index in [0.29, 0.717) is 15.9 Å². The smallest absolute Gasteiger partial charge is 0.339 e. The molecule has 3 aromatic carbocycles. The van der Waals surface area contributed by atoms with Gasteiger partial charge in [-0.1, -0.05) is 89.5 Å². The second-order valence-corrected chi connectivity index (χ2v) is 13.7. The van der Waals surface area contributed by atoms with E-state index in [0.717, 1.165) is 44.9 Å². The van der Waals surface area contributed by atoms with E-state index in [9.17, 15) is 19.2 Å². The lowest BCUT2D eigenvalue weighted by molar-refractivity contribution is -0.160. The number of methoxy groups -OCH3 is 3. The number of esters is 3. The van der Waals surface area contributed by atoms with Crippen LogP contribution >= 0.6 is 6.89 Å². The fourth-order valence-corrected chi connectivity index (χ4v) is 10.1. The number of ketones is 2. The summed E-state index contributed by atoms with van der Waals surface area (Å²) in [6.07, 6.45) is 0. The average molecular weight is 601 g/mol. The normalized spacial score (nSPS) is 16.6. The first-order valence-electron chi connectivity index (χ1n) is 13.5. The van der Waals surface area contributed by atoms with Crippen LogP contribution in [0.4, 0.5) is 0 Å². The molecule has 1 aliphatic rings. The van der Waals surface area contributed by atoms with Gasteiger partial charge in [0.1, 0.15) is 0 Å². The van der Waals surface area contributed by atoms with E-state index in [1.807, 2.05) is 93.6 Å². The van der Waals surface area contributed by atoms with Crippen LogP contribution in [0.25, 0.3) is 0 Å². The standard InChI is InChI=1S/C34H33O8P/c1-20-8-14-24(15-9-20)43(25-16-10-21(2)11-17-25,26-18-12-22(3)13-19-26)29-27(31(37)40-5)28(32(38)41-6)34(23(4)35,30(29)36)33(39)42-7/h8-19H,1-7H3. The van der Waals surface area contributed by atoms with Gasteiger partial charge in [0.15, 0.2) is 11.6 Å². The number of aryl methyl sites for hydroxylation is 3. The Morgan fingerprint density at radius 1 is 0.605 bits per heavy atom. The van der Waals surface area contributed by atoms with Crippen LogP contribution in [0.5, 0.6) is 0 Å². The summed E-state index contributed by atoms with van der Waals surface area (Å²) in [5, 5.41) is 1.80. The second-order valence-electron chi connectivity index (χ2n) is 10.4. The molecule has 0 heterocycles. The van der Waals surface area contributed by atoms with Crippen molar-refractivity contribution in [1.82, 2.24) is 0 Å². The van der Waals surface area contributed by atoms with Crippen LogP contribution < -0.4 is 15.9 Å². The lowest BCUT2D eigenvalue weighted by Gasteiger charge is -2.32. The molecule has 3 aromatic rings. The zero-order valence-corrected chi connectivity index (χ0v) is 26.0. The molecule has 8 nitrogen and oxygen atoms in total. The third-order valence-corrected chi connectivity index (χ3v) is 12.1. The lowest BCUT2D eigenvalue weighted by atomic mass is 9.76. The Bertz CT molecular complexity index is 1610. The first-order valence-corrected chi connectivity index (χ1v) is 15.3. The molecule has 0 radical (unpaired) electrons. The van der Waals surface area contributed by atoms with E-state index in [1.165, 1.54) is 0 Å². The lowest BCUT2D eigenvalue weighted by Crippen LogP contribution is -2.49. The fraction of sp³-hybridized carbons (Fsp3) is 0.235. The monoisotopic (exact) mass is 600 g/mol. The summed E-state index contributed by atoms with van der Waals surface area (Å²) in [5.74, 6) is -5.57. The van der Waals surface area contributed by atoms with Crippen molar-refractivity contribution in [2.45, 2.75) is 27.7 Å². The van der Waals surface area contributed by atoms with Gasteiger partial charge in [-0.05, 0) is 50.5 Å². The van der Waals surface area contributed by atoms with Crippen LogP contribution in [-0.4, -0.2) is 56.1 Å². The Labute approximate surface area is 250 Å². The van der Waals surface area contributed by atoms with E-state index in [-0.39, 0.29) is 5.29 Å². The molecule has 0 saturated carbocycles. The summed E-state index contributed by atoms with van der Waals surface area (Å²) in [7, 11) is 3.15. The molecule has 0 N–H and O–H groups in total. The topological polar surface area (TPSA) is 113 Å². The third kappa shape index (κ3) is 4.76. The number of carbonyl (C=O) groups is 5. The minimum atomic E-state index is -3.46. The average Bonchev–Trinajstić information content (AvgIpc) is 3.28. The maximum atomic E-state index is 15.1. The van der Waals surface area contributed by atoms with Gasteiger partial charge in [-0.15, -0.1) is 0 Å². The second kappa shape index (κ2) is 12.0. The van der Waals surface area contributed by atoms with Gasteiger partial charge < -0.3 is 14.2 Å². The maximum Gasteiger partial charge on any atom is 0.339 e. The van der Waals surface area contributed by atoms with Crippen molar-refractivity contribution in [3.63, 3.8) is 0 Å². The molecule has 4 rings (SSSR count). The minimum absolute atomic E-state index is 0.170. The molecule has 1 unspecified atom stereocenters. The zero-order valence-electron chi connectivity index (χ0n) is 25.1. The van der Waals surface area contributed by atoms with Gasteiger partial charge in [-0.2, -0.15) is 0 Å². The van der Waals surface area contributed by atoms with Crippen LogP contribution in [0.15, 0.2) is 83.9 Å². The highest BCUT2D eigenvalue weighted by atomic mass is 31.2. The van der Waals surface area contributed by atoms with E-state index in [2.05, 4.69) is 0 Å². The van der Waals surface area contributed by atoms with Crippen molar-refractivity contribution in [1.29, 1.82) is 0 Å². The van der Waals surface area contributed by atoms with Crippen LogP contribution in [0.2, 0.25) is 0 Å². The molecule has 0 saturated heterocycles. The van der Waals surface area contributed by atoms with Gasteiger partial charge in [0.25, 0.3) is 0 Å². The molecule has 43 heavy (non-hydrogen) atoms. The molecule has 0 bridgehead atoms. The Balaban J connectivity index is 2.49. The quantitative estimate of drug-likeness (QED) is 0.176. The Morgan fingerprint density at radius 3 is 1.28 bits per heavy atom. The highest BCUT2D eigenvalue weighted by Crippen LogP contribution is 2.54. The summed E-state index contributed by atoms with van der Waals surface area (Å²) in [6.45, 7) is 3.31. The first-order chi connectivity index (χ1) is 20.4. The Morgan fingerprint density at radius 2 is 0.977 bits per heavy atom. The van der Waals surface area contributed by atoms with Crippen LogP contribution in [0, 0.1) is 26.2 Å². The summed E-state index contributed by atoms with van der Waals surface area (Å²) in [6, 6.07) is 22.5. The molecule has 1 aliphatic carbocycles. The van der Waals surface area contributed by atoms with Crippen molar-refractivity contribution >= 4 is 57.6 Å². The van der Waals surface area contributed by atoms with E-state index >= 15 is 4.79 Å². The van der Waals surface area contributed by atoms with Crippen molar-refractivity contribution in [3.05, 3.63) is 101 Å². The molecule has 0 fully saturated rings. The molecular formula is C34H33O8P. The van der Waals surface area contributed by atoms with E-state index in [1.54, 1.807) is 0 Å². The number of carbonyl (C=O) groups excluding carboxylic acids is 5. The Hall–Kier alpha value is -4.55. The molecule has 0 amide bonds. The summed E-state index contributed by atoms with van der Waals surface area (Å²) in [5.41, 5.74) is -1.13. The number of Topliss-reactive ketones (excluding diaryl/α,β-unsaturated/α-hetero) is 2. The fourth-order valence-electron chi connectivity index (χ4n) is 5.66.